The minimum Gasteiger partial charge on any atom is -0.418 e. The van der Waals surface area contributed by atoms with Crippen LogP contribution in [0.25, 0.3) is 0 Å². The highest BCUT2D eigenvalue weighted by atomic mass is 32.2. The van der Waals surface area contributed by atoms with Crippen molar-refractivity contribution in [1.82, 2.24) is 20.4 Å². The van der Waals surface area contributed by atoms with E-state index < -0.39 is 39.2 Å². The number of aryl methyl sites for hydroxylation is 1. The molecule has 1 N–H and O–H groups in total. The van der Waals surface area contributed by atoms with Gasteiger partial charge in [0, 0.05) is 25.9 Å². The second kappa shape index (κ2) is 13.4. The first kappa shape index (κ1) is 28.5. The molecule has 1 aliphatic rings. The Kier molecular flexibility index (Phi) is 10.3. The van der Waals surface area contributed by atoms with Crippen LogP contribution in [0.4, 0.5) is 0 Å². The number of nitrogens with zero attached hydrogens (tertiary/aromatic N) is 3. The van der Waals surface area contributed by atoms with Crippen LogP contribution in [-0.2, 0) is 36.3 Å². The Bertz CT molecular complexity index is 1160. The number of carbonyl (C=O) groups excluding carboxylic acids is 3. The Labute approximate surface area is 216 Å². The van der Waals surface area contributed by atoms with Gasteiger partial charge in [0.1, 0.15) is 0 Å². The maximum atomic E-state index is 13.4. The number of nitrogens with one attached hydrogen (secondary N) is 1. The summed E-state index contributed by atoms with van der Waals surface area (Å²) in [4.78, 5) is 40.9. The number of Topliss-reactive ketones (excluding diaryl/α,β-unsaturated/α-hetero) is 1. The van der Waals surface area contributed by atoms with Gasteiger partial charge < -0.3 is 19.4 Å². The van der Waals surface area contributed by atoms with E-state index in [-0.39, 0.29) is 30.4 Å². The van der Waals surface area contributed by atoms with Crippen LogP contribution in [0.15, 0.2) is 34.7 Å². The average molecular weight is 535 g/mol. The fraction of sp³-hybridized carbons (Fsp3) is 0.560. The largest absolute Gasteiger partial charge is 0.418 e. The summed E-state index contributed by atoms with van der Waals surface area (Å²) in [5.74, 6) is -3.45. The maximum Gasteiger partial charge on any atom is 0.286 e. The lowest BCUT2D eigenvalue weighted by atomic mass is 10.0. The van der Waals surface area contributed by atoms with E-state index in [2.05, 4.69) is 15.5 Å². The Morgan fingerprint density at radius 3 is 2.41 bits per heavy atom. The van der Waals surface area contributed by atoms with Crippen LogP contribution in [-0.4, -0.2) is 79.2 Å². The van der Waals surface area contributed by atoms with Crippen molar-refractivity contribution in [3.63, 3.8) is 0 Å². The smallest absolute Gasteiger partial charge is 0.286 e. The van der Waals surface area contributed by atoms with Gasteiger partial charge in [0.25, 0.3) is 5.89 Å². The molecule has 2 atom stereocenters. The van der Waals surface area contributed by atoms with Crippen molar-refractivity contribution in [3.05, 3.63) is 47.7 Å². The molecule has 1 fully saturated rings. The van der Waals surface area contributed by atoms with Gasteiger partial charge in [-0.2, -0.15) is 0 Å². The lowest BCUT2D eigenvalue weighted by Crippen LogP contribution is -2.47. The highest BCUT2D eigenvalue weighted by Crippen LogP contribution is 2.17. The van der Waals surface area contributed by atoms with Crippen molar-refractivity contribution in [2.75, 3.05) is 32.1 Å². The first-order valence-corrected chi connectivity index (χ1v) is 14.3. The van der Waals surface area contributed by atoms with Gasteiger partial charge in [-0.3, -0.25) is 14.4 Å². The van der Waals surface area contributed by atoms with Crippen LogP contribution in [0.1, 0.15) is 55.2 Å². The standard InChI is InChI=1S/C25H34N4O7S/c1-3-8-20(23(31)25-28-27-21(4-2)36-25)26-24(32)19(15-22(30)29-11-13-35-14-12-29)17-37(33,34)16-18-9-6-5-7-10-18/h5-7,9-10,19-20H,3-4,8,11-17H2,1-2H3,(H,26,32). The van der Waals surface area contributed by atoms with Crippen molar-refractivity contribution >= 4 is 27.4 Å². The zero-order chi connectivity index (χ0) is 26.8. The predicted molar refractivity (Wildman–Crippen MR) is 134 cm³/mol. The molecule has 0 spiro atoms. The summed E-state index contributed by atoms with van der Waals surface area (Å²) in [5, 5.41) is 10.2. The number of benzene rings is 1. The molecule has 3 rings (SSSR count). The van der Waals surface area contributed by atoms with Crippen molar-refractivity contribution in [2.45, 2.75) is 51.3 Å². The normalized spacial score (nSPS) is 15.7. The summed E-state index contributed by atoms with van der Waals surface area (Å²) in [5.41, 5.74) is 0.586. The molecule has 0 bridgehead atoms. The predicted octanol–water partition coefficient (Wildman–Crippen LogP) is 1.58. The molecule has 12 heteroatoms. The maximum absolute atomic E-state index is 13.4. The molecule has 2 heterocycles. The van der Waals surface area contributed by atoms with E-state index in [1.54, 1.807) is 42.2 Å². The molecule has 1 saturated heterocycles. The second-order valence-electron chi connectivity index (χ2n) is 9.00. The number of ketones is 1. The molecule has 37 heavy (non-hydrogen) atoms. The highest BCUT2D eigenvalue weighted by molar-refractivity contribution is 7.90. The SMILES string of the molecule is CCCC(NC(=O)C(CC(=O)N1CCOCC1)CS(=O)(=O)Cc1ccccc1)C(=O)c1nnc(CC)o1. The number of sulfone groups is 1. The number of carbonyl (C=O) groups is 3. The summed E-state index contributed by atoms with van der Waals surface area (Å²) in [6, 6.07) is 7.65. The molecular formula is C25H34N4O7S. The zero-order valence-corrected chi connectivity index (χ0v) is 22.0. The number of aromatic nitrogens is 2. The summed E-state index contributed by atoms with van der Waals surface area (Å²) >= 11 is 0. The van der Waals surface area contributed by atoms with Gasteiger partial charge in [0.2, 0.25) is 23.5 Å². The minimum atomic E-state index is -3.76. The van der Waals surface area contributed by atoms with E-state index >= 15 is 0 Å². The van der Waals surface area contributed by atoms with Gasteiger partial charge in [0.15, 0.2) is 9.84 Å². The third kappa shape index (κ3) is 8.46. The molecule has 1 aromatic carbocycles. The summed E-state index contributed by atoms with van der Waals surface area (Å²) in [6.45, 7) is 5.16. The van der Waals surface area contributed by atoms with E-state index in [0.29, 0.717) is 50.6 Å². The van der Waals surface area contributed by atoms with Gasteiger partial charge in [0.05, 0.1) is 36.7 Å². The van der Waals surface area contributed by atoms with Gasteiger partial charge >= 0.3 is 0 Å². The Morgan fingerprint density at radius 2 is 1.78 bits per heavy atom. The topological polar surface area (TPSA) is 149 Å². The molecule has 11 nitrogen and oxygen atoms in total. The Hall–Kier alpha value is -3.12. The molecule has 202 valence electrons. The zero-order valence-electron chi connectivity index (χ0n) is 21.2. The number of ether oxygens (including phenoxy) is 1. The summed E-state index contributed by atoms with van der Waals surface area (Å²) in [7, 11) is -3.76. The highest BCUT2D eigenvalue weighted by Gasteiger charge is 2.34. The quantitative estimate of drug-likeness (QED) is 0.378. The van der Waals surface area contributed by atoms with Crippen molar-refractivity contribution in [3.8, 4) is 0 Å². The lowest BCUT2D eigenvalue weighted by Gasteiger charge is -2.28. The van der Waals surface area contributed by atoms with E-state index in [1.807, 2.05) is 6.92 Å². The lowest BCUT2D eigenvalue weighted by molar-refractivity contribution is -0.139. The molecule has 2 aromatic rings. The Balaban J connectivity index is 1.78. The van der Waals surface area contributed by atoms with E-state index in [0.717, 1.165) is 0 Å². The fourth-order valence-electron chi connectivity index (χ4n) is 4.07. The molecule has 0 aliphatic carbocycles. The number of morpholine rings is 1. The molecule has 0 radical (unpaired) electrons. The van der Waals surface area contributed by atoms with Crippen LogP contribution in [0.5, 0.6) is 0 Å². The number of amides is 2. The number of hydrogen-bond acceptors (Lipinski definition) is 9. The van der Waals surface area contributed by atoms with Crippen molar-refractivity contribution in [2.24, 2.45) is 5.92 Å². The second-order valence-corrected chi connectivity index (χ2v) is 11.1. The average Bonchev–Trinajstić information content (AvgIpc) is 3.37. The molecule has 2 unspecified atom stereocenters. The summed E-state index contributed by atoms with van der Waals surface area (Å²) in [6.07, 6.45) is 1.01. The molecular weight excluding hydrogens is 500 g/mol. The van der Waals surface area contributed by atoms with Crippen LogP contribution in [0, 0.1) is 5.92 Å². The minimum absolute atomic E-state index is 0.215. The van der Waals surface area contributed by atoms with Crippen LogP contribution >= 0.6 is 0 Å². The molecule has 0 saturated carbocycles. The van der Waals surface area contributed by atoms with E-state index in [1.165, 1.54) is 0 Å². The third-order valence-corrected chi connectivity index (χ3v) is 7.71. The number of rotatable bonds is 13. The van der Waals surface area contributed by atoms with Crippen LogP contribution < -0.4 is 5.32 Å². The van der Waals surface area contributed by atoms with Gasteiger partial charge in [-0.15, -0.1) is 10.2 Å². The molecule has 1 aliphatic heterocycles. The fourth-order valence-corrected chi connectivity index (χ4v) is 5.77. The monoisotopic (exact) mass is 534 g/mol. The van der Waals surface area contributed by atoms with E-state index in [9.17, 15) is 22.8 Å². The number of hydrogen-bond donors (Lipinski definition) is 1. The third-order valence-electron chi connectivity index (χ3n) is 6.03. The molecule has 1 aromatic heterocycles. The molecule has 2 amide bonds. The van der Waals surface area contributed by atoms with Crippen molar-refractivity contribution < 1.29 is 32.0 Å². The first-order valence-electron chi connectivity index (χ1n) is 12.5. The van der Waals surface area contributed by atoms with Gasteiger partial charge in [-0.05, 0) is 12.0 Å². The first-order chi connectivity index (χ1) is 17.7. The Morgan fingerprint density at radius 1 is 1.08 bits per heavy atom. The van der Waals surface area contributed by atoms with Gasteiger partial charge in [-0.25, -0.2) is 8.42 Å². The van der Waals surface area contributed by atoms with Gasteiger partial charge in [-0.1, -0.05) is 50.6 Å². The van der Waals surface area contributed by atoms with E-state index in [4.69, 9.17) is 9.15 Å². The van der Waals surface area contributed by atoms with Crippen LogP contribution in [0.2, 0.25) is 0 Å². The summed E-state index contributed by atoms with van der Waals surface area (Å²) < 4.78 is 36.7. The van der Waals surface area contributed by atoms with Crippen LogP contribution in [0.3, 0.4) is 0 Å². The van der Waals surface area contributed by atoms with Crippen molar-refractivity contribution in [1.29, 1.82) is 0 Å².